The van der Waals surface area contributed by atoms with Gasteiger partial charge in [0.25, 0.3) is 0 Å². The second-order valence-electron chi connectivity index (χ2n) is 26.2. The first-order chi connectivity index (χ1) is 51.5. The number of rotatable bonds is 5. The lowest BCUT2D eigenvalue weighted by Gasteiger charge is -2.15. The zero-order chi connectivity index (χ0) is 70.9. The lowest BCUT2D eigenvalue weighted by Crippen LogP contribution is -1.89. The van der Waals surface area contributed by atoms with E-state index in [-0.39, 0.29) is 0 Å². The summed E-state index contributed by atoms with van der Waals surface area (Å²) in [6.07, 6.45) is 0. The monoisotopic (exact) mass is 1330 g/mol. The molecule has 0 aromatic heterocycles. The fourth-order valence-corrected chi connectivity index (χ4v) is 15.5. The third-order valence-corrected chi connectivity index (χ3v) is 20.3. The van der Waals surface area contributed by atoms with Crippen LogP contribution in [0.1, 0.15) is 38.8 Å². The predicted molar refractivity (Wildman–Crippen MR) is 458 cm³/mol. The summed E-state index contributed by atoms with van der Waals surface area (Å²) in [6.45, 7) is 12.5. The van der Waals surface area contributed by atoms with Crippen LogP contribution < -0.4 is 0 Å². The van der Waals surface area contributed by atoms with E-state index in [0.29, 0.717) is 0 Å². The van der Waals surface area contributed by atoms with Crippen molar-refractivity contribution in [2.45, 2.75) is 41.5 Å². The van der Waals surface area contributed by atoms with Gasteiger partial charge in [-0.1, -0.05) is 386 Å². The molecule has 0 atom stereocenters. The van der Waals surface area contributed by atoms with E-state index < -0.39 is 0 Å². The highest BCUT2D eigenvalue weighted by Gasteiger charge is 2.17. The molecular formula is C104H82. The van der Waals surface area contributed by atoms with Crippen LogP contribution in [-0.4, -0.2) is 0 Å². The third kappa shape index (κ3) is 13.2. The van der Waals surface area contributed by atoms with E-state index in [1.807, 2.05) is 27.7 Å². The maximum atomic E-state index is 2.32. The molecule has 20 rings (SSSR count). The van der Waals surface area contributed by atoms with Crippen molar-refractivity contribution in [3.8, 4) is 55.6 Å². The predicted octanol–water partition coefficient (Wildman–Crippen LogP) is 30.4. The molecule has 0 heteroatoms. The van der Waals surface area contributed by atoms with E-state index in [1.54, 1.807) is 0 Å². The second-order valence-corrected chi connectivity index (χ2v) is 26.2. The maximum Gasteiger partial charge on any atom is -0.00264 e. The van der Waals surface area contributed by atoms with E-state index in [9.17, 15) is 0 Å². The lowest BCUT2D eigenvalue weighted by atomic mass is 9.88. The first-order valence-electron chi connectivity index (χ1n) is 36.7. The van der Waals surface area contributed by atoms with Crippen molar-refractivity contribution >= 4 is 118 Å². The largest absolute Gasteiger partial charge is 0.0683 e. The third-order valence-electron chi connectivity index (χ3n) is 20.3. The Morgan fingerprint density at radius 3 is 0.615 bits per heavy atom. The highest BCUT2D eigenvalue weighted by molar-refractivity contribution is 6.18. The molecule has 0 radical (unpaired) electrons. The van der Waals surface area contributed by atoms with Gasteiger partial charge in [-0.3, -0.25) is 0 Å². The molecule has 0 aliphatic carbocycles. The summed E-state index contributed by atoms with van der Waals surface area (Å²) in [4.78, 5) is 0. The Morgan fingerprint density at radius 2 is 0.317 bits per heavy atom. The number of fused-ring (bicyclic) bond motifs is 11. The molecule has 0 N–H and O–H groups in total. The zero-order valence-electron chi connectivity index (χ0n) is 60.0. The average molecular weight is 1330 g/mol. The standard InChI is InChI=1S/C27H20.C25H18.2C24H16.2C2H6/c1-19-23-11-5-7-13-25(23)27(26-14-8-6-12-24(19)26)22-17-15-21(16-18-22)20-9-3-2-4-10-20;1-17-21-10-4-6-12-23(21)25(24-13-7-5-11-22(17)24)20-15-14-18-8-2-3-9-19(18)16-20;2*1-2-8-18-15-21(14-13-17(18)7-1)24-22-11-5-3-9-19(22)16-20-10-4-6-12-23(20)24;2*1-2/h2-18H,1H3;2-16H,1H3;2*1-16H;2*1-2H3. The molecule has 0 saturated carbocycles. The summed E-state index contributed by atoms with van der Waals surface area (Å²) < 4.78 is 0. The molecule has 0 saturated heterocycles. The van der Waals surface area contributed by atoms with E-state index in [1.165, 1.54) is 185 Å². The Labute approximate surface area is 611 Å². The van der Waals surface area contributed by atoms with E-state index in [0.717, 1.165) is 0 Å². The minimum absolute atomic E-state index is 1.25. The molecule has 0 amide bonds. The topological polar surface area (TPSA) is 0 Å². The molecule has 0 heterocycles. The van der Waals surface area contributed by atoms with Crippen molar-refractivity contribution in [1.82, 2.24) is 0 Å². The van der Waals surface area contributed by atoms with Crippen molar-refractivity contribution in [2.75, 3.05) is 0 Å². The quantitative estimate of drug-likeness (QED) is 0.151. The Hall–Kier alpha value is -12.7. The van der Waals surface area contributed by atoms with Crippen LogP contribution in [0.4, 0.5) is 0 Å². The minimum atomic E-state index is 1.25. The van der Waals surface area contributed by atoms with Crippen molar-refractivity contribution in [1.29, 1.82) is 0 Å². The molecule has 0 fully saturated rings. The molecule has 498 valence electrons. The summed E-state index contributed by atoms with van der Waals surface area (Å²) in [5, 5.41) is 28.8. The molecular weight excluding hydrogens is 1250 g/mol. The molecule has 0 spiro atoms. The molecule has 0 nitrogen and oxygen atoms in total. The Morgan fingerprint density at radius 1 is 0.125 bits per heavy atom. The summed E-state index contributed by atoms with van der Waals surface area (Å²) in [5.74, 6) is 0. The zero-order valence-corrected chi connectivity index (χ0v) is 60.0. The van der Waals surface area contributed by atoms with Crippen molar-refractivity contribution < 1.29 is 0 Å². The van der Waals surface area contributed by atoms with E-state index in [4.69, 9.17) is 0 Å². The summed E-state index contributed by atoms with van der Waals surface area (Å²) in [6, 6.07) is 140. The minimum Gasteiger partial charge on any atom is -0.0683 e. The summed E-state index contributed by atoms with van der Waals surface area (Å²) in [5.41, 5.74) is 15.6. The van der Waals surface area contributed by atoms with Gasteiger partial charge < -0.3 is 0 Å². The van der Waals surface area contributed by atoms with E-state index in [2.05, 4.69) is 402 Å². The number of hydrogen-bond donors (Lipinski definition) is 0. The molecule has 0 unspecified atom stereocenters. The van der Waals surface area contributed by atoms with Crippen molar-refractivity contribution in [3.63, 3.8) is 0 Å². The molecule has 20 aromatic carbocycles. The van der Waals surface area contributed by atoms with Gasteiger partial charge in [0.1, 0.15) is 0 Å². The van der Waals surface area contributed by atoms with Crippen LogP contribution >= 0.6 is 0 Å². The lowest BCUT2D eigenvalue weighted by molar-refractivity contribution is 1.50. The van der Waals surface area contributed by atoms with Crippen molar-refractivity contribution in [2.24, 2.45) is 0 Å². The van der Waals surface area contributed by atoms with Crippen LogP contribution in [0.15, 0.2) is 388 Å². The SMILES string of the molecule is CC.CC.Cc1c2ccccc2c(-c2ccc(-c3ccccc3)cc2)c2ccccc12.Cc1c2ccccc2c(-c2ccc3ccccc3c2)c2ccccc12.c1ccc2cc(-c3c4ccccc4cc4ccccc34)ccc2c1.c1ccc2cc(-c3c4ccccc4cc4ccccc34)ccc2c1. The Bertz CT molecular complexity index is 6060. The molecule has 0 bridgehead atoms. The van der Waals surface area contributed by atoms with Gasteiger partial charge >= 0.3 is 0 Å². The van der Waals surface area contributed by atoms with Crippen LogP contribution in [0.2, 0.25) is 0 Å². The normalized spacial score (nSPS) is 11.0. The first-order valence-corrected chi connectivity index (χ1v) is 36.7. The van der Waals surface area contributed by atoms with Crippen molar-refractivity contribution in [3.05, 3.63) is 399 Å². The van der Waals surface area contributed by atoms with Gasteiger partial charge in [-0.25, -0.2) is 0 Å². The summed E-state index contributed by atoms with van der Waals surface area (Å²) >= 11 is 0. The van der Waals surface area contributed by atoms with Crippen LogP contribution in [-0.2, 0) is 0 Å². The molecule has 20 aromatic rings. The smallest absolute Gasteiger partial charge is 0.00264 e. The van der Waals surface area contributed by atoms with Gasteiger partial charge in [0.15, 0.2) is 0 Å². The van der Waals surface area contributed by atoms with Gasteiger partial charge in [-0.15, -0.1) is 0 Å². The Balaban J connectivity index is 0.000000110. The second kappa shape index (κ2) is 30.6. The fraction of sp³-hybridized carbons (Fsp3) is 0.0577. The van der Waals surface area contributed by atoms with Gasteiger partial charge in [0.05, 0.1) is 0 Å². The highest BCUT2D eigenvalue weighted by atomic mass is 14.2. The van der Waals surface area contributed by atoms with Crippen LogP contribution in [0, 0.1) is 13.8 Å². The molecule has 0 aliphatic rings. The Kier molecular flexibility index (Phi) is 19.8. The van der Waals surface area contributed by atoms with Gasteiger partial charge in [0, 0.05) is 0 Å². The first kappa shape index (κ1) is 67.1. The number of benzene rings is 20. The molecule has 104 heavy (non-hydrogen) atoms. The van der Waals surface area contributed by atoms with Crippen LogP contribution in [0.25, 0.3) is 174 Å². The average Bonchev–Trinajstić information content (AvgIpc) is 0.775. The van der Waals surface area contributed by atoms with Crippen LogP contribution in [0.5, 0.6) is 0 Å². The van der Waals surface area contributed by atoms with Crippen LogP contribution in [0.3, 0.4) is 0 Å². The molecule has 0 aliphatic heterocycles. The number of aryl methyl sites for hydroxylation is 2. The highest BCUT2D eigenvalue weighted by Crippen LogP contribution is 2.44. The van der Waals surface area contributed by atoms with Gasteiger partial charge in [-0.2, -0.15) is 0 Å². The van der Waals surface area contributed by atoms with Gasteiger partial charge in [-0.05, 0) is 229 Å². The van der Waals surface area contributed by atoms with Gasteiger partial charge in [0.2, 0.25) is 0 Å². The fourth-order valence-electron chi connectivity index (χ4n) is 15.5. The maximum absolute atomic E-state index is 2.32. The number of hydrogen-bond acceptors (Lipinski definition) is 0. The summed E-state index contributed by atoms with van der Waals surface area (Å²) in [7, 11) is 0. The van der Waals surface area contributed by atoms with E-state index >= 15 is 0 Å².